The first-order chi connectivity index (χ1) is 11.7. The maximum absolute atomic E-state index is 12.9. The van der Waals surface area contributed by atoms with Crippen LogP contribution >= 0.6 is 0 Å². The molecule has 2 bridgehead atoms. The minimum atomic E-state index is -4.58. The molecule has 2 saturated heterocycles. The maximum Gasteiger partial charge on any atom is 0.416 e. The van der Waals surface area contributed by atoms with Gasteiger partial charge in [0.2, 0.25) is 17.7 Å². The second-order valence-corrected chi connectivity index (χ2v) is 6.46. The SMILES string of the molecule is CN1C(=O)[C@@H]2C=C[C@H]1[C@@H]1C(=O)N(c3cccc(C(F)(F)F)c3)C(=O)[C@@H]12. The summed E-state index contributed by atoms with van der Waals surface area (Å²) in [5.41, 5.74) is -1.05. The number of anilines is 1. The summed E-state index contributed by atoms with van der Waals surface area (Å²) in [4.78, 5) is 40.1. The zero-order chi connectivity index (χ0) is 18.1. The van der Waals surface area contributed by atoms with Crippen molar-refractivity contribution in [2.45, 2.75) is 12.2 Å². The van der Waals surface area contributed by atoms with Gasteiger partial charge in [0, 0.05) is 7.05 Å². The van der Waals surface area contributed by atoms with Crippen LogP contribution in [0, 0.1) is 17.8 Å². The summed E-state index contributed by atoms with van der Waals surface area (Å²) < 4.78 is 38.8. The van der Waals surface area contributed by atoms with Crippen molar-refractivity contribution in [2.24, 2.45) is 17.8 Å². The number of carbonyl (C=O) groups is 3. The van der Waals surface area contributed by atoms with Crippen LogP contribution < -0.4 is 4.90 Å². The van der Waals surface area contributed by atoms with Crippen LogP contribution in [0.5, 0.6) is 0 Å². The van der Waals surface area contributed by atoms with Crippen molar-refractivity contribution in [3.63, 3.8) is 0 Å². The van der Waals surface area contributed by atoms with Crippen molar-refractivity contribution >= 4 is 23.4 Å². The minimum Gasteiger partial charge on any atom is -0.338 e. The lowest BCUT2D eigenvalue weighted by Gasteiger charge is -2.44. The average molecular weight is 350 g/mol. The predicted octanol–water partition coefficient (Wildman–Crippen LogP) is 1.84. The Balaban J connectivity index is 1.76. The minimum absolute atomic E-state index is 0.117. The Morgan fingerprint density at radius 3 is 2.32 bits per heavy atom. The molecule has 3 heterocycles. The first kappa shape index (κ1) is 15.9. The summed E-state index contributed by atoms with van der Waals surface area (Å²) in [6.45, 7) is 0. The fraction of sp³-hybridized carbons (Fsp3) is 0.353. The van der Waals surface area contributed by atoms with Gasteiger partial charge in [0.25, 0.3) is 0 Å². The van der Waals surface area contributed by atoms with E-state index in [1.807, 2.05) is 0 Å². The summed E-state index contributed by atoms with van der Waals surface area (Å²) >= 11 is 0. The molecule has 0 N–H and O–H groups in total. The molecule has 4 aliphatic rings. The lowest BCUT2D eigenvalue weighted by Crippen LogP contribution is -2.57. The zero-order valence-corrected chi connectivity index (χ0v) is 13.0. The van der Waals surface area contributed by atoms with Gasteiger partial charge in [-0.05, 0) is 18.2 Å². The van der Waals surface area contributed by atoms with E-state index in [1.54, 1.807) is 19.2 Å². The van der Waals surface area contributed by atoms with Crippen LogP contribution in [0.15, 0.2) is 36.4 Å². The lowest BCUT2D eigenvalue weighted by molar-refractivity contribution is -0.148. The number of alkyl halides is 3. The van der Waals surface area contributed by atoms with Gasteiger partial charge in [-0.15, -0.1) is 0 Å². The maximum atomic E-state index is 12.9. The Morgan fingerprint density at radius 2 is 1.64 bits per heavy atom. The van der Waals surface area contributed by atoms with Crippen LogP contribution in [0.2, 0.25) is 0 Å². The number of amides is 3. The highest BCUT2D eigenvalue weighted by atomic mass is 19.4. The number of benzene rings is 1. The Bertz CT molecular complexity index is 833. The Kier molecular flexibility index (Phi) is 3.13. The molecule has 1 aromatic rings. The van der Waals surface area contributed by atoms with Crippen molar-refractivity contribution in [3.8, 4) is 0 Å². The fourth-order valence-corrected chi connectivity index (χ4v) is 3.99. The number of likely N-dealkylation sites (N-methyl/N-ethyl adjacent to an activating group) is 1. The highest BCUT2D eigenvalue weighted by molar-refractivity contribution is 6.24. The summed E-state index contributed by atoms with van der Waals surface area (Å²) in [5.74, 6) is -3.77. The Hall–Kier alpha value is -2.64. The van der Waals surface area contributed by atoms with Gasteiger partial charge in [0.05, 0.1) is 35.0 Å². The van der Waals surface area contributed by atoms with Crippen LogP contribution in [0.1, 0.15) is 5.56 Å². The van der Waals surface area contributed by atoms with Crippen LogP contribution in [-0.2, 0) is 20.6 Å². The molecule has 0 unspecified atom stereocenters. The van der Waals surface area contributed by atoms with Gasteiger partial charge >= 0.3 is 6.18 Å². The van der Waals surface area contributed by atoms with Gasteiger partial charge in [-0.3, -0.25) is 14.4 Å². The third-order valence-corrected chi connectivity index (χ3v) is 5.18. The predicted molar refractivity (Wildman–Crippen MR) is 80.1 cm³/mol. The topological polar surface area (TPSA) is 57.7 Å². The number of fused-ring (bicyclic) bond motifs is 1. The zero-order valence-electron chi connectivity index (χ0n) is 13.0. The monoisotopic (exact) mass is 350 g/mol. The van der Waals surface area contributed by atoms with Gasteiger partial charge in [-0.25, -0.2) is 4.90 Å². The van der Waals surface area contributed by atoms with Crippen LogP contribution in [0.3, 0.4) is 0 Å². The van der Waals surface area contributed by atoms with E-state index in [0.29, 0.717) is 0 Å². The highest BCUT2D eigenvalue weighted by Crippen LogP contribution is 2.46. The second-order valence-electron chi connectivity index (χ2n) is 6.46. The number of imide groups is 1. The number of hydrogen-bond donors (Lipinski definition) is 0. The fourth-order valence-electron chi connectivity index (χ4n) is 3.99. The van der Waals surface area contributed by atoms with Gasteiger partial charge in [0.15, 0.2) is 0 Å². The normalized spacial score (nSPS) is 31.1. The molecular formula is C17H13F3N2O3. The van der Waals surface area contributed by atoms with Gasteiger partial charge in [0.1, 0.15) is 0 Å². The Labute approximate surface area is 140 Å². The summed E-state index contributed by atoms with van der Waals surface area (Å²) in [5, 5.41) is 0. The van der Waals surface area contributed by atoms with Gasteiger partial charge < -0.3 is 4.90 Å². The molecule has 0 saturated carbocycles. The molecule has 8 heteroatoms. The molecule has 0 spiro atoms. The second kappa shape index (κ2) is 4.93. The molecule has 4 atom stereocenters. The van der Waals surface area contributed by atoms with Crippen LogP contribution in [-0.4, -0.2) is 35.7 Å². The van der Waals surface area contributed by atoms with E-state index in [9.17, 15) is 27.6 Å². The number of piperidine rings is 1. The highest BCUT2D eigenvalue weighted by Gasteiger charge is 2.61. The van der Waals surface area contributed by atoms with E-state index >= 15 is 0 Å². The van der Waals surface area contributed by atoms with E-state index in [2.05, 4.69) is 0 Å². The summed E-state index contributed by atoms with van der Waals surface area (Å²) in [6, 6.07) is 3.57. The number of rotatable bonds is 1. The largest absolute Gasteiger partial charge is 0.416 e. The lowest BCUT2D eigenvalue weighted by atomic mass is 9.70. The molecule has 1 aliphatic carbocycles. The number of hydrogen-bond acceptors (Lipinski definition) is 3. The number of carbonyl (C=O) groups excluding carboxylic acids is 3. The standard InChI is InChI=1S/C17H13F3N2O3/c1-21-11-6-5-10(14(21)23)12-13(11)16(25)22(15(12)24)9-4-2-3-8(7-9)17(18,19)20/h2-7,10-13H,1H3/t10-,11+,12-,13+/m1/s1. The van der Waals surface area contributed by atoms with Crippen molar-refractivity contribution in [2.75, 3.05) is 11.9 Å². The van der Waals surface area contributed by atoms with E-state index in [1.165, 1.54) is 11.0 Å². The molecule has 25 heavy (non-hydrogen) atoms. The molecule has 130 valence electrons. The van der Waals surface area contributed by atoms with Crippen molar-refractivity contribution in [1.29, 1.82) is 0 Å². The molecule has 5 rings (SSSR count). The summed E-state index contributed by atoms with van der Waals surface area (Å²) in [7, 11) is 1.56. The van der Waals surface area contributed by atoms with Gasteiger partial charge in [-0.2, -0.15) is 13.2 Å². The third kappa shape index (κ3) is 2.06. The smallest absolute Gasteiger partial charge is 0.338 e. The number of nitrogens with zero attached hydrogens (tertiary/aromatic N) is 2. The van der Waals surface area contributed by atoms with Gasteiger partial charge in [-0.1, -0.05) is 18.2 Å². The van der Waals surface area contributed by atoms with E-state index in [0.717, 1.165) is 23.1 Å². The van der Waals surface area contributed by atoms with E-state index in [-0.39, 0.29) is 11.6 Å². The third-order valence-electron chi connectivity index (χ3n) is 5.18. The van der Waals surface area contributed by atoms with E-state index < -0.39 is 47.3 Å². The summed E-state index contributed by atoms with van der Waals surface area (Å²) in [6.07, 6.45) is -1.24. The molecule has 0 aromatic heterocycles. The molecule has 1 aromatic carbocycles. The first-order valence-corrected chi connectivity index (χ1v) is 7.72. The molecule has 3 amide bonds. The van der Waals surface area contributed by atoms with Crippen molar-refractivity contribution < 1.29 is 27.6 Å². The molecule has 5 nitrogen and oxygen atoms in total. The Morgan fingerprint density at radius 1 is 0.960 bits per heavy atom. The molecule has 3 aliphatic heterocycles. The molecule has 2 fully saturated rings. The van der Waals surface area contributed by atoms with E-state index in [4.69, 9.17) is 0 Å². The van der Waals surface area contributed by atoms with Crippen molar-refractivity contribution in [1.82, 2.24) is 4.90 Å². The quantitative estimate of drug-likeness (QED) is 0.574. The molecule has 0 radical (unpaired) electrons. The number of halogens is 3. The average Bonchev–Trinajstić information content (AvgIpc) is 2.83. The van der Waals surface area contributed by atoms with Crippen LogP contribution in [0.25, 0.3) is 0 Å². The van der Waals surface area contributed by atoms with Crippen LogP contribution in [0.4, 0.5) is 18.9 Å². The molecular weight excluding hydrogens is 337 g/mol. The van der Waals surface area contributed by atoms with Crippen molar-refractivity contribution in [3.05, 3.63) is 42.0 Å². The first-order valence-electron chi connectivity index (χ1n) is 7.72.